The second-order valence-corrected chi connectivity index (χ2v) is 17.8. The van der Waals surface area contributed by atoms with E-state index in [9.17, 15) is 19.2 Å². The van der Waals surface area contributed by atoms with Gasteiger partial charge in [-0.1, -0.05) is 129 Å². The number of amides is 2. The van der Waals surface area contributed by atoms with E-state index in [-0.39, 0.29) is 17.8 Å². The molecule has 9 nitrogen and oxygen atoms in total. The van der Waals surface area contributed by atoms with Gasteiger partial charge in [0.2, 0.25) is 11.8 Å². The molecule has 2 amide bonds. The maximum absolute atomic E-state index is 13.4. The number of nitrogens with zero attached hydrogens (tertiary/aromatic N) is 2. The molecule has 0 saturated heterocycles. The Kier molecular flexibility index (Phi) is 30.2. The summed E-state index contributed by atoms with van der Waals surface area (Å²) in [5, 5.41) is 3.61. The van der Waals surface area contributed by atoms with E-state index < -0.39 is 5.97 Å². The molecule has 1 N–H and O–H groups in total. The Morgan fingerprint density at radius 1 is 0.655 bits per heavy atom. The van der Waals surface area contributed by atoms with Gasteiger partial charge >= 0.3 is 11.9 Å². The van der Waals surface area contributed by atoms with Crippen LogP contribution < -0.4 is 5.32 Å². The van der Waals surface area contributed by atoms with Crippen molar-refractivity contribution in [1.29, 1.82) is 0 Å². The Morgan fingerprint density at radius 3 is 1.81 bits per heavy atom. The number of rotatable bonds is 36. The summed E-state index contributed by atoms with van der Waals surface area (Å²) in [6.45, 7) is 7.11. The number of hydrogen-bond donors (Lipinski definition) is 1. The molecule has 0 aliphatic carbocycles. The van der Waals surface area contributed by atoms with E-state index in [1.807, 2.05) is 19.0 Å². The molecule has 0 bridgehead atoms. The monoisotopic (exact) mass is 830 g/mol. The van der Waals surface area contributed by atoms with E-state index in [4.69, 9.17) is 9.47 Å². The van der Waals surface area contributed by atoms with Crippen molar-refractivity contribution < 1.29 is 28.7 Å². The minimum atomic E-state index is -0.394. The van der Waals surface area contributed by atoms with Gasteiger partial charge in [0.1, 0.15) is 5.00 Å². The van der Waals surface area contributed by atoms with Crippen molar-refractivity contribution in [3.8, 4) is 0 Å². The second-order valence-electron chi connectivity index (χ2n) is 16.7. The van der Waals surface area contributed by atoms with Gasteiger partial charge in [-0.15, -0.1) is 11.3 Å². The first-order valence-corrected chi connectivity index (χ1v) is 24.4. The van der Waals surface area contributed by atoms with E-state index in [0.717, 1.165) is 87.6 Å². The van der Waals surface area contributed by atoms with Crippen molar-refractivity contribution in [2.75, 3.05) is 45.7 Å². The van der Waals surface area contributed by atoms with Crippen LogP contribution in [0.25, 0.3) is 0 Å². The number of nitrogens with one attached hydrogen (secondary N) is 1. The fraction of sp³-hybridized carbons (Fsp3) is 0.792. The Morgan fingerprint density at radius 2 is 1.19 bits per heavy atom. The first-order chi connectivity index (χ1) is 28.3. The smallest absolute Gasteiger partial charge is 0.341 e. The summed E-state index contributed by atoms with van der Waals surface area (Å²) in [5.74, 6) is -0.477. The summed E-state index contributed by atoms with van der Waals surface area (Å²) in [4.78, 5) is 56.8. The Bertz CT molecular complexity index is 1290. The highest BCUT2D eigenvalue weighted by atomic mass is 32.1. The minimum absolute atomic E-state index is 0.0766. The molecule has 0 unspecified atom stereocenters. The maximum atomic E-state index is 13.4. The summed E-state index contributed by atoms with van der Waals surface area (Å²) >= 11 is 1.41. The summed E-state index contributed by atoms with van der Waals surface area (Å²) in [5.41, 5.74) is 1.37. The number of unbranched alkanes of at least 4 members (excludes halogenated alkanes) is 20. The van der Waals surface area contributed by atoms with E-state index in [1.54, 1.807) is 0 Å². The van der Waals surface area contributed by atoms with Crippen LogP contribution in [-0.4, -0.2) is 74.0 Å². The van der Waals surface area contributed by atoms with Crippen LogP contribution in [0.1, 0.15) is 214 Å². The SMILES string of the molecule is CCCCCCCC/C=C\CCCCCCCC(=O)Nc1sc2c(c1C(=O)OCCCN(C)C)CCN(C(=O)CCCCCCC(=O)OCCCCCCCCC)C2. The summed E-state index contributed by atoms with van der Waals surface area (Å²) in [6.07, 6.45) is 34.8. The number of ether oxygens (including phenoxy) is 2. The third kappa shape index (κ3) is 24.4. The van der Waals surface area contributed by atoms with Crippen LogP contribution in [0.15, 0.2) is 12.2 Å². The molecule has 0 atom stereocenters. The minimum Gasteiger partial charge on any atom is -0.466 e. The molecule has 58 heavy (non-hydrogen) atoms. The largest absolute Gasteiger partial charge is 0.466 e. The van der Waals surface area contributed by atoms with Crippen LogP contribution in [0, 0.1) is 0 Å². The van der Waals surface area contributed by atoms with Crippen LogP contribution in [0.4, 0.5) is 5.00 Å². The van der Waals surface area contributed by atoms with Gasteiger partial charge in [0.05, 0.1) is 25.3 Å². The molecule has 0 spiro atoms. The second kappa shape index (κ2) is 34.0. The number of anilines is 1. The number of carbonyl (C=O) groups is 4. The maximum Gasteiger partial charge on any atom is 0.341 e. The Balaban J connectivity index is 1.74. The fourth-order valence-corrected chi connectivity index (χ4v) is 8.73. The van der Waals surface area contributed by atoms with Crippen molar-refractivity contribution in [3.05, 3.63) is 28.2 Å². The first-order valence-electron chi connectivity index (χ1n) is 23.6. The zero-order chi connectivity index (χ0) is 42.1. The van der Waals surface area contributed by atoms with E-state index in [1.165, 1.54) is 101 Å². The number of allylic oxidation sites excluding steroid dienone is 2. The van der Waals surface area contributed by atoms with Gasteiger partial charge in [-0.2, -0.15) is 0 Å². The lowest BCUT2D eigenvalue weighted by atomic mass is 10.0. The van der Waals surface area contributed by atoms with Gasteiger partial charge in [-0.25, -0.2) is 4.79 Å². The van der Waals surface area contributed by atoms with Gasteiger partial charge in [0.25, 0.3) is 0 Å². The summed E-state index contributed by atoms with van der Waals surface area (Å²) in [7, 11) is 3.98. The van der Waals surface area contributed by atoms with Crippen LogP contribution in [0.2, 0.25) is 0 Å². The number of thiophene rings is 1. The lowest BCUT2D eigenvalue weighted by molar-refractivity contribution is -0.144. The molecule has 0 aromatic carbocycles. The predicted molar refractivity (Wildman–Crippen MR) is 242 cm³/mol. The van der Waals surface area contributed by atoms with Crippen LogP contribution in [0.5, 0.6) is 0 Å². The van der Waals surface area contributed by atoms with Crippen molar-refractivity contribution in [3.63, 3.8) is 0 Å². The molecule has 1 aliphatic heterocycles. The summed E-state index contributed by atoms with van der Waals surface area (Å²) in [6, 6.07) is 0. The van der Waals surface area contributed by atoms with Crippen LogP contribution in [-0.2, 0) is 36.8 Å². The molecule has 0 fully saturated rings. The Labute approximate surface area is 357 Å². The quantitative estimate of drug-likeness (QED) is 0.0408. The standard InChI is InChI=1S/C48H83N3O6S/c1-5-7-9-11-13-14-15-16-17-18-19-20-21-23-27-32-43(52)49-47-46(48(55)57-39-31-36-50(3)4)41-35-37-51(40-42(41)58-47)44(53)33-28-24-25-29-34-45(54)56-38-30-26-22-12-10-8-6-2/h16-17H,5-15,18-40H2,1-4H3,(H,49,52)/b17-16-. The molecular weight excluding hydrogens is 747 g/mol. The molecule has 2 rings (SSSR count). The lowest BCUT2D eigenvalue weighted by Crippen LogP contribution is -2.35. The van der Waals surface area contributed by atoms with Gasteiger partial charge in [-0.05, 0) is 83.9 Å². The third-order valence-corrected chi connectivity index (χ3v) is 12.2. The van der Waals surface area contributed by atoms with Crippen molar-refractivity contribution in [2.45, 2.75) is 207 Å². The average Bonchev–Trinajstić information content (AvgIpc) is 3.57. The van der Waals surface area contributed by atoms with Gasteiger partial charge < -0.3 is 24.6 Å². The molecule has 0 saturated carbocycles. The predicted octanol–water partition coefficient (Wildman–Crippen LogP) is 12.4. The molecule has 332 valence electrons. The molecule has 2 heterocycles. The zero-order valence-electron chi connectivity index (χ0n) is 37.4. The molecular formula is C48H83N3O6S. The molecule has 1 aromatic heterocycles. The Hall–Kier alpha value is -2.72. The molecule has 0 radical (unpaired) electrons. The number of esters is 2. The van der Waals surface area contributed by atoms with Gasteiger partial charge in [0, 0.05) is 37.2 Å². The van der Waals surface area contributed by atoms with E-state index >= 15 is 0 Å². The topological polar surface area (TPSA) is 105 Å². The van der Waals surface area contributed by atoms with Crippen molar-refractivity contribution in [1.82, 2.24) is 9.80 Å². The zero-order valence-corrected chi connectivity index (χ0v) is 38.3. The number of carbonyl (C=O) groups excluding carboxylic acids is 4. The fourth-order valence-electron chi connectivity index (χ4n) is 7.46. The highest BCUT2D eigenvalue weighted by molar-refractivity contribution is 7.17. The van der Waals surface area contributed by atoms with E-state index in [0.29, 0.717) is 62.6 Å². The van der Waals surface area contributed by atoms with Crippen LogP contribution in [0.3, 0.4) is 0 Å². The third-order valence-electron chi connectivity index (χ3n) is 11.0. The van der Waals surface area contributed by atoms with Crippen molar-refractivity contribution in [2.24, 2.45) is 0 Å². The average molecular weight is 830 g/mol. The first kappa shape index (κ1) is 51.4. The van der Waals surface area contributed by atoms with Crippen molar-refractivity contribution >= 4 is 40.1 Å². The summed E-state index contributed by atoms with van der Waals surface area (Å²) < 4.78 is 11.1. The van der Waals surface area contributed by atoms with Crippen LogP contribution >= 0.6 is 11.3 Å². The highest BCUT2D eigenvalue weighted by Gasteiger charge is 2.31. The lowest BCUT2D eigenvalue weighted by Gasteiger charge is -2.27. The van der Waals surface area contributed by atoms with Gasteiger partial charge in [-0.3, -0.25) is 14.4 Å². The normalized spacial score (nSPS) is 12.7. The number of hydrogen-bond acceptors (Lipinski definition) is 8. The molecule has 1 aliphatic rings. The number of fused-ring (bicyclic) bond motifs is 1. The highest BCUT2D eigenvalue weighted by Crippen LogP contribution is 2.38. The van der Waals surface area contributed by atoms with E-state index in [2.05, 4.69) is 36.2 Å². The molecule has 1 aromatic rings. The molecule has 10 heteroatoms. The van der Waals surface area contributed by atoms with Gasteiger partial charge in [0.15, 0.2) is 0 Å².